The van der Waals surface area contributed by atoms with Gasteiger partial charge in [-0.2, -0.15) is 0 Å². The largest absolute Gasteiger partial charge is 0.462 e. The molecule has 6 aliphatic rings. The monoisotopic (exact) mass is 526 g/mol. The molecule has 0 radical (unpaired) electrons. The number of carbonyl (C=O) groups is 2. The number of hydrogen-bond donors (Lipinski definition) is 1. The first-order valence-corrected chi connectivity index (χ1v) is 14.7. The minimum absolute atomic E-state index is 0.0258. The summed E-state index contributed by atoms with van der Waals surface area (Å²) in [4.78, 5) is 25.5. The van der Waals surface area contributed by atoms with Gasteiger partial charge in [0.15, 0.2) is 5.78 Å². The van der Waals surface area contributed by atoms with E-state index in [9.17, 15) is 14.7 Å². The summed E-state index contributed by atoms with van der Waals surface area (Å²) in [7, 11) is 0. The molecule has 2 saturated carbocycles. The minimum Gasteiger partial charge on any atom is -0.462 e. The number of carbonyl (C=O) groups excluding carboxylic acids is 2. The third kappa shape index (κ3) is 3.23. The number of ketones is 1. The maximum Gasteiger partial charge on any atom is 0.302 e. The molecule has 0 aromatic carbocycles. The Morgan fingerprint density at radius 2 is 1.76 bits per heavy atom. The second-order valence-electron chi connectivity index (χ2n) is 15.0. The third-order valence-electron chi connectivity index (χ3n) is 12.6. The zero-order chi connectivity index (χ0) is 27.7. The lowest BCUT2D eigenvalue weighted by Gasteiger charge is -2.66. The fraction of sp³-hybridized carbons (Fsp3) is 0.812. The van der Waals surface area contributed by atoms with Crippen LogP contribution in [0.2, 0.25) is 0 Å². The number of esters is 1. The van der Waals surface area contributed by atoms with E-state index in [4.69, 9.17) is 14.2 Å². The molecule has 0 aromatic heterocycles. The molecule has 2 heterocycles. The molecule has 1 N–H and O–H groups in total. The van der Waals surface area contributed by atoms with E-state index in [1.807, 2.05) is 19.9 Å². The van der Waals surface area contributed by atoms with Gasteiger partial charge >= 0.3 is 5.97 Å². The minimum atomic E-state index is -1.19. The molecule has 2 saturated heterocycles. The normalized spacial score (nSPS) is 52.0. The Morgan fingerprint density at radius 1 is 1.08 bits per heavy atom. The molecule has 2 aliphatic heterocycles. The summed E-state index contributed by atoms with van der Waals surface area (Å²) in [6.45, 7) is 17.2. The highest BCUT2D eigenvalue weighted by atomic mass is 16.8. The van der Waals surface area contributed by atoms with Crippen LogP contribution in [0.4, 0.5) is 0 Å². The summed E-state index contributed by atoms with van der Waals surface area (Å²) in [6.07, 6.45) is 10.5. The molecule has 4 fully saturated rings. The van der Waals surface area contributed by atoms with Gasteiger partial charge in [-0.1, -0.05) is 52.3 Å². The predicted octanol–water partition coefficient (Wildman–Crippen LogP) is 5.38. The van der Waals surface area contributed by atoms with Gasteiger partial charge in [0.1, 0.15) is 17.8 Å². The summed E-state index contributed by atoms with van der Waals surface area (Å²) in [6, 6.07) is 0. The van der Waals surface area contributed by atoms with Crippen molar-refractivity contribution in [2.75, 3.05) is 6.61 Å². The zero-order valence-electron chi connectivity index (χ0n) is 24.4. The van der Waals surface area contributed by atoms with Crippen LogP contribution in [-0.4, -0.2) is 47.1 Å². The number of rotatable bonds is 3. The average Bonchev–Trinajstić information content (AvgIpc) is 3.18. The van der Waals surface area contributed by atoms with Crippen LogP contribution in [0.15, 0.2) is 23.8 Å². The molecule has 38 heavy (non-hydrogen) atoms. The molecule has 210 valence electrons. The molecule has 0 amide bonds. The van der Waals surface area contributed by atoms with Gasteiger partial charge in [0, 0.05) is 17.8 Å². The molecule has 1 unspecified atom stereocenters. The Labute approximate surface area is 227 Å². The van der Waals surface area contributed by atoms with Crippen molar-refractivity contribution in [3.05, 3.63) is 23.8 Å². The Bertz CT molecular complexity index is 1130. The first-order valence-electron chi connectivity index (χ1n) is 14.7. The van der Waals surface area contributed by atoms with Gasteiger partial charge in [-0.25, -0.2) is 0 Å². The van der Waals surface area contributed by atoms with Crippen LogP contribution in [0, 0.1) is 45.3 Å². The van der Waals surface area contributed by atoms with Crippen LogP contribution in [0.3, 0.4) is 0 Å². The van der Waals surface area contributed by atoms with E-state index in [2.05, 4.69) is 46.8 Å². The van der Waals surface area contributed by atoms with Crippen LogP contribution < -0.4 is 0 Å². The maximum atomic E-state index is 13.0. The van der Waals surface area contributed by atoms with E-state index in [0.29, 0.717) is 24.9 Å². The summed E-state index contributed by atoms with van der Waals surface area (Å²) in [5, 5.41) is 11.0. The number of hydrogen-bond acceptors (Lipinski definition) is 6. The Balaban J connectivity index is 1.34. The van der Waals surface area contributed by atoms with E-state index in [1.165, 1.54) is 12.5 Å². The van der Waals surface area contributed by atoms with Crippen molar-refractivity contribution in [2.45, 2.75) is 111 Å². The lowest BCUT2D eigenvalue weighted by Crippen LogP contribution is -2.64. The smallest absolute Gasteiger partial charge is 0.302 e. The molecule has 4 aliphatic carbocycles. The average molecular weight is 527 g/mol. The Kier molecular flexibility index (Phi) is 5.50. The summed E-state index contributed by atoms with van der Waals surface area (Å²) < 4.78 is 18.1. The van der Waals surface area contributed by atoms with Crippen molar-refractivity contribution in [3.63, 3.8) is 0 Å². The second kappa shape index (κ2) is 7.82. The number of fused-ring (bicyclic) bond motifs is 5. The van der Waals surface area contributed by atoms with Crippen LogP contribution in [0.1, 0.15) is 87.5 Å². The van der Waals surface area contributed by atoms with Crippen molar-refractivity contribution in [1.82, 2.24) is 0 Å². The van der Waals surface area contributed by atoms with Crippen molar-refractivity contribution in [2.24, 2.45) is 45.3 Å². The van der Waals surface area contributed by atoms with Crippen LogP contribution in [-0.2, 0) is 23.8 Å². The number of aliphatic hydroxyl groups is 1. The number of epoxide rings is 1. The van der Waals surface area contributed by atoms with Crippen LogP contribution >= 0.6 is 0 Å². The Hall–Kier alpha value is -1.50. The van der Waals surface area contributed by atoms with Gasteiger partial charge in [-0.15, -0.1) is 0 Å². The molecular weight excluding hydrogens is 480 g/mol. The zero-order valence-corrected chi connectivity index (χ0v) is 24.4. The second-order valence-corrected chi connectivity index (χ2v) is 15.0. The molecule has 0 spiro atoms. The first kappa shape index (κ1) is 26.7. The number of ether oxygens (including phenoxy) is 3. The molecule has 6 rings (SSSR count). The fourth-order valence-corrected chi connectivity index (χ4v) is 10.4. The highest BCUT2D eigenvalue weighted by Crippen LogP contribution is 2.72. The van der Waals surface area contributed by atoms with E-state index in [0.717, 1.165) is 25.7 Å². The fourth-order valence-electron chi connectivity index (χ4n) is 10.4. The highest BCUT2D eigenvalue weighted by molar-refractivity contribution is 5.95. The standard InChI is InChI=1S/C32H46O6/c1-18(33)37-25-16-23-27(2,3)24(34)12-14-30(23,7)22-11-13-29(6)20(9-10-21(29)31(22,25)8)19-15-26(36-17-19)32(35)28(4,5)38-32/h10,12,14,19-20,22-23,25-26,35H,9,11,13,15-17H2,1-8H3/t19-,20+,22-,23+,25-,26-,29+,30-,31+,32?/m1/s1. The topological polar surface area (TPSA) is 85.4 Å². The summed E-state index contributed by atoms with van der Waals surface area (Å²) in [5.74, 6) is -0.124. The summed E-state index contributed by atoms with van der Waals surface area (Å²) >= 11 is 0. The van der Waals surface area contributed by atoms with Gasteiger partial charge in [0.25, 0.3) is 0 Å². The summed E-state index contributed by atoms with van der Waals surface area (Å²) in [5.41, 5.74) is -0.102. The van der Waals surface area contributed by atoms with E-state index in [-0.39, 0.29) is 52.0 Å². The van der Waals surface area contributed by atoms with Gasteiger partial charge in [-0.3, -0.25) is 9.59 Å². The van der Waals surface area contributed by atoms with Gasteiger partial charge in [0.05, 0.1) is 6.61 Å². The molecular formula is C32H46O6. The molecule has 6 nitrogen and oxygen atoms in total. The van der Waals surface area contributed by atoms with Crippen molar-refractivity contribution in [1.29, 1.82) is 0 Å². The third-order valence-corrected chi connectivity index (χ3v) is 12.6. The van der Waals surface area contributed by atoms with Gasteiger partial charge < -0.3 is 19.3 Å². The quantitative estimate of drug-likeness (QED) is 0.302. The molecule has 10 atom stereocenters. The first-order chi connectivity index (χ1) is 17.5. The van der Waals surface area contributed by atoms with Crippen LogP contribution in [0.5, 0.6) is 0 Å². The van der Waals surface area contributed by atoms with Crippen molar-refractivity contribution in [3.8, 4) is 0 Å². The lowest BCUT2D eigenvalue weighted by molar-refractivity contribution is -0.188. The van der Waals surface area contributed by atoms with Gasteiger partial charge in [0.2, 0.25) is 5.79 Å². The van der Waals surface area contributed by atoms with E-state index in [1.54, 1.807) is 0 Å². The van der Waals surface area contributed by atoms with E-state index < -0.39 is 16.8 Å². The SMILES string of the molecule is CC(=O)O[C@@H]1C[C@H]2C(C)(C)C(=O)C=C[C@]2(C)[C@H]2CC[C@]3(C)C(=CC[C@H]3[C@H]3CO[C@@H](C4(O)OC4(C)C)C3)[C@@]21C. The molecule has 6 heteroatoms. The predicted molar refractivity (Wildman–Crippen MR) is 143 cm³/mol. The highest BCUT2D eigenvalue weighted by Gasteiger charge is 2.71. The molecule has 0 bridgehead atoms. The maximum absolute atomic E-state index is 13.0. The van der Waals surface area contributed by atoms with E-state index >= 15 is 0 Å². The van der Waals surface area contributed by atoms with Crippen LogP contribution in [0.25, 0.3) is 0 Å². The Morgan fingerprint density at radius 3 is 2.39 bits per heavy atom. The molecule has 0 aromatic rings. The number of allylic oxidation sites excluding steroid dienone is 3. The lowest BCUT2D eigenvalue weighted by atomic mass is 9.38. The van der Waals surface area contributed by atoms with Crippen molar-refractivity contribution < 1.29 is 28.9 Å². The van der Waals surface area contributed by atoms with Crippen molar-refractivity contribution >= 4 is 11.8 Å². The van der Waals surface area contributed by atoms with Gasteiger partial charge in [-0.05, 0) is 86.5 Å².